The fourth-order valence-corrected chi connectivity index (χ4v) is 2.09. The van der Waals surface area contributed by atoms with Crippen LogP contribution in [0, 0.1) is 0 Å². The van der Waals surface area contributed by atoms with Crippen molar-refractivity contribution in [1.29, 1.82) is 0 Å². The Morgan fingerprint density at radius 1 is 1.33 bits per heavy atom. The van der Waals surface area contributed by atoms with Crippen LogP contribution in [-0.2, 0) is 4.79 Å². The Labute approximate surface area is 128 Å². The smallest absolute Gasteiger partial charge is 0.326 e. The van der Waals surface area contributed by atoms with Crippen LogP contribution in [0.2, 0.25) is 0 Å². The number of aliphatic carboxylic acids is 1. The predicted molar refractivity (Wildman–Crippen MR) is 84.2 cm³/mol. The van der Waals surface area contributed by atoms with E-state index in [1.807, 2.05) is 13.2 Å². The third-order valence-electron chi connectivity index (χ3n) is 2.64. The van der Waals surface area contributed by atoms with Gasteiger partial charge in [0.1, 0.15) is 11.8 Å². The summed E-state index contributed by atoms with van der Waals surface area (Å²) in [5.41, 5.74) is 0.574. The van der Waals surface area contributed by atoms with E-state index < -0.39 is 18.0 Å². The number of hydrogen-bond donors (Lipinski definition) is 3. The first-order valence-corrected chi connectivity index (χ1v) is 7.98. The minimum atomic E-state index is -1.04. The summed E-state index contributed by atoms with van der Waals surface area (Å²) in [5, 5.41) is 14.1. The molecule has 1 atom stereocenters. The predicted octanol–water partition coefficient (Wildman–Crippen LogP) is 2.41. The molecule has 0 spiro atoms. The van der Waals surface area contributed by atoms with Crippen molar-refractivity contribution in [3.8, 4) is 5.75 Å². The molecule has 0 saturated carbocycles. The van der Waals surface area contributed by atoms with E-state index in [-0.39, 0.29) is 0 Å². The topological polar surface area (TPSA) is 87.7 Å². The number of nitrogens with one attached hydrogen (secondary N) is 2. The van der Waals surface area contributed by atoms with E-state index in [0.29, 0.717) is 30.2 Å². The lowest BCUT2D eigenvalue weighted by Gasteiger charge is -2.14. The van der Waals surface area contributed by atoms with Gasteiger partial charge in [-0.3, -0.25) is 0 Å². The average Bonchev–Trinajstić information content (AvgIpc) is 2.45. The van der Waals surface area contributed by atoms with Crippen LogP contribution in [0.5, 0.6) is 5.75 Å². The van der Waals surface area contributed by atoms with Gasteiger partial charge in [-0.1, -0.05) is 0 Å². The van der Waals surface area contributed by atoms with Crippen molar-refractivity contribution >= 4 is 29.4 Å². The Hall–Kier alpha value is -1.89. The maximum atomic E-state index is 11.8. The molecule has 0 unspecified atom stereocenters. The van der Waals surface area contributed by atoms with Gasteiger partial charge in [-0.2, -0.15) is 11.8 Å². The molecule has 0 bridgehead atoms. The molecule has 0 radical (unpaired) electrons. The molecule has 0 aliphatic rings. The molecule has 0 heterocycles. The van der Waals surface area contributed by atoms with E-state index in [0.717, 1.165) is 0 Å². The number of carbonyl (C=O) groups is 2. The van der Waals surface area contributed by atoms with E-state index in [1.165, 1.54) is 11.8 Å². The van der Waals surface area contributed by atoms with E-state index in [2.05, 4.69) is 10.6 Å². The molecule has 7 heteroatoms. The van der Waals surface area contributed by atoms with Crippen LogP contribution in [0.25, 0.3) is 0 Å². The highest BCUT2D eigenvalue weighted by molar-refractivity contribution is 7.98. The summed E-state index contributed by atoms with van der Waals surface area (Å²) in [5.74, 6) is 0.345. The minimum Gasteiger partial charge on any atom is -0.494 e. The lowest BCUT2D eigenvalue weighted by molar-refractivity contribution is -0.139. The van der Waals surface area contributed by atoms with Crippen molar-refractivity contribution in [3.05, 3.63) is 24.3 Å². The summed E-state index contributed by atoms with van der Waals surface area (Å²) < 4.78 is 5.30. The molecule has 1 aromatic rings. The number of rotatable bonds is 8. The molecular weight excluding hydrogens is 292 g/mol. The molecule has 21 heavy (non-hydrogen) atoms. The normalized spacial score (nSPS) is 11.5. The molecule has 3 N–H and O–H groups in total. The first-order chi connectivity index (χ1) is 10.1. The van der Waals surface area contributed by atoms with Gasteiger partial charge < -0.3 is 20.5 Å². The Morgan fingerprint density at radius 3 is 2.52 bits per heavy atom. The van der Waals surface area contributed by atoms with Crippen LogP contribution in [0.4, 0.5) is 10.5 Å². The van der Waals surface area contributed by atoms with E-state index in [1.54, 1.807) is 24.3 Å². The van der Waals surface area contributed by atoms with Gasteiger partial charge >= 0.3 is 12.0 Å². The van der Waals surface area contributed by atoms with Crippen LogP contribution >= 0.6 is 11.8 Å². The molecule has 0 saturated heterocycles. The summed E-state index contributed by atoms with van der Waals surface area (Å²) >= 11 is 1.54. The second-order valence-electron chi connectivity index (χ2n) is 4.23. The van der Waals surface area contributed by atoms with E-state index in [4.69, 9.17) is 9.84 Å². The van der Waals surface area contributed by atoms with Gasteiger partial charge in [0, 0.05) is 5.69 Å². The molecule has 1 aromatic carbocycles. The highest BCUT2D eigenvalue weighted by Gasteiger charge is 2.19. The molecular formula is C14H20N2O4S. The molecule has 2 amide bonds. The van der Waals surface area contributed by atoms with Crippen molar-refractivity contribution in [1.82, 2.24) is 5.32 Å². The molecule has 1 rings (SSSR count). The Bertz CT molecular complexity index is 465. The van der Waals surface area contributed by atoms with Crippen molar-refractivity contribution in [3.63, 3.8) is 0 Å². The summed E-state index contributed by atoms with van der Waals surface area (Å²) in [4.78, 5) is 22.8. The van der Waals surface area contributed by atoms with E-state index >= 15 is 0 Å². The SMILES string of the molecule is CCOc1ccc(NC(=O)N[C@H](CCSC)C(=O)O)cc1. The highest BCUT2D eigenvalue weighted by Crippen LogP contribution is 2.15. The van der Waals surface area contributed by atoms with Crippen LogP contribution in [0.15, 0.2) is 24.3 Å². The maximum Gasteiger partial charge on any atom is 0.326 e. The second-order valence-corrected chi connectivity index (χ2v) is 5.21. The number of hydrogen-bond acceptors (Lipinski definition) is 4. The number of urea groups is 1. The summed E-state index contributed by atoms with van der Waals surface area (Å²) in [6.45, 7) is 2.46. The second kappa shape index (κ2) is 9.12. The third kappa shape index (κ3) is 6.40. The monoisotopic (exact) mass is 312 g/mol. The quantitative estimate of drug-likeness (QED) is 0.686. The minimum absolute atomic E-state index is 0.382. The number of carbonyl (C=O) groups excluding carboxylic acids is 1. The fraction of sp³-hybridized carbons (Fsp3) is 0.429. The van der Waals surface area contributed by atoms with Crippen LogP contribution in [0.3, 0.4) is 0 Å². The van der Waals surface area contributed by atoms with Gasteiger partial charge in [-0.05, 0) is 49.6 Å². The third-order valence-corrected chi connectivity index (χ3v) is 3.28. The number of carboxylic acid groups (broad SMARTS) is 1. The first kappa shape index (κ1) is 17.2. The lowest BCUT2D eigenvalue weighted by Crippen LogP contribution is -2.43. The lowest BCUT2D eigenvalue weighted by atomic mass is 10.2. The summed E-state index contributed by atoms with van der Waals surface area (Å²) in [6, 6.07) is 5.45. The van der Waals surface area contributed by atoms with Crippen LogP contribution < -0.4 is 15.4 Å². The van der Waals surface area contributed by atoms with Gasteiger partial charge in [-0.15, -0.1) is 0 Å². The Morgan fingerprint density at radius 2 is 2.00 bits per heavy atom. The highest BCUT2D eigenvalue weighted by atomic mass is 32.2. The Balaban J connectivity index is 2.52. The Kier molecular flexibility index (Phi) is 7.45. The van der Waals surface area contributed by atoms with Crippen molar-refractivity contribution in [2.45, 2.75) is 19.4 Å². The van der Waals surface area contributed by atoms with Crippen LogP contribution in [-0.4, -0.2) is 41.8 Å². The molecule has 0 aliphatic carbocycles. The number of anilines is 1. The molecule has 0 aliphatic heterocycles. The molecule has 6 nitrogen and oxygen atoms in total. The van der Waals surface area contributed by atoms with Gasteiger partial charge in [0.2, 0.25) is 0 Å². The van der Waals surface area contributed by atoms with Crippen LogP contribution in [0.1, 0.15) is 13.3 Å². The van der Waals surface area contributed by atoms with E-state index in [9.17, 15) is 9.59 Å². The molecule has 0 aromatic heterocycles. The average molecular weight is 312 g/mol. The molecule has 116 valence electrons. The zero-order valence-electron chi connectivity index (χ0n) is 12.1. The first-order valence-electron chi connectivity index (χ1n) is 6.59. The summed E-state index contributed by atoms with van der Waals surface area (Å²) in [6.07, 6.45) is 2.27. The van der Waals surface area contributed by atoms with Gasteiger partial charge in [-0.25, -0.2) is 9.59 Å². The fourth-order valence-electron chi connectivity index (χ4n) is 1.62. The number of carboxylic acids is 1. The van der Waals surface area contributed by atoms with Gasteiger partial charge in [0.25, 0.3) is 0 Å². The zero-order chi connectivity index (χ0) is 15.7. The van der Waals surface area contributed by atoms with Crippen molar-refractivity contribution in [2.75, 3.05) is 23.9 Å². The standard InChI is InChI=1S/C14H20N2O4S/c1-3-20-11-6-4-10(5-7-11)15-14(19)16-12(13(17)18)8-9-21-2/h4-7,12H,3,8-9H2,1-2H3,(H,17,18)(H2,15,16,19)/t12-/m1/s1. The number of amides is 2. The number of benzene rings is 1. The summed E-state index contributed by atoms with van der Waals surface area (Å²) in [7, 11) is 0. The largest absolute Gasteiger partial charge is 0.494 e. The number of thioether (sulfide) groups is 1. The van der Waals surface area contributed by atoms with Gasteiger partial charge in [0.05, 0.1) is 6.61 Å². The maximum absolute atomic E-state index is 11.8. The number of ether oxygens (including phenoxy) is 1. The van der Waals surface area contributed by atoms with Crippen molar-refractivity contribution in [2.24, 2.45) is 0 Å². The molecule has 0 fully saturated rings. The van der Waals surface area contributed by atoms with Gasteiger partial charge in [0.15, 0.2) is 0 Å². The zero-order valence-corrected chi connectivity index (χ0v) is 12.9. The van der Waals surface area contributed by atoms with Crippen molar-refractivity contribution < 1.29 is 19.4 Å².